The Bertz CT molecular complexity index is 638. The molecule has 1 heterocycles. The van der Waals surface area contributed by atoms with E-state index in [-0.39, 0.29) is 5.97 Å². The van der Waals surface area contributed by atoms with Crippen LogP contribution in [0.4, 0.5) is 5.95 Å². The summed E-state index contributed by atoms with van der Waals surface area (Å²) in [5.41, 5.74) is 7.55. The Balaban J connectivity index is 2.37. The van der Waals surface area contributed by atoms with Crippen LogP contribution in [-0.2, 0) is 11.3 Å². The Morgan fingerprint density at radius 2 is 2.10 bits per heavy atom. The summed E-state index contributed by atoms with van der Waals surface area (Å²) in [6, 6.07) is 5.35. The lowest BCUT2D eigenvalue weighted by atomic mass is 10.1. The van der Waals surface area contributed by atoms with Crippen molar-refractivity contribution in [3.05, 3.63) is 23.8 Å². The molecule has 2 aromatic rings. The molecule has 20 heavy (non-hydrogen) atoms. The van der Waals surface area contributed by atoms with Crippen molar-refractivity contribution in [2.24, 2.45) is 0 Å². The summed E-state index contributed by atoms with van der Waals surface area (Å²) in [7, 11) is 0. The second kappa shape index (κ2) is 5.15. The number of nitrogens with two attached hydrogens (primary N) is 1. The number of ether oxygens (including phenoxy) is 1. The first-order valence-corrected chi connectivity index (χ1v) is 6.81. The number of fused-ring (bicyclic) bond motifs is 1. The van der Waals surface area contributed by atoms with E-state index in [4.69, 9.17) is 10.5 Å². The van der Waals surface area contributed by atoms with Crippen LogP contribution in [-0.4, -0.2) is 21.1 Å². The number of hydrogen-bond donors (Lipinski definition) is 1. The van der Waals surface area contributed by atoms with Crippen molar-refractivity contribution in [1.29, 1.82) is 0 Å². The molecule has 2 rings (SSSR count). The second-order valence-corrected chi connectivity index (χ2v) is 5.83. The second-order valence-electron chi connectivity index (χ2n) is 5.83. The number of rotatable bonds is 3. The summed E-state index contributed by atoms with van der Waals surface area (Å²) in [6.07, 6.45) is 0.976. The van der Waals surface area contributed by atoms with E-state index in [1.165, 1.54) is 0 Å². The Kier molecular flexibility index (Phi) is 3.70. The minimum absolute atomic E-state index is 0.344. The van der Waals surface area contributed by atoms with Crippen LogP contribution in [0.3, 0.4) is 0 Å². The Morgan fingerprint density at radius 1 is 1.40 bits per heavy atom. The van der Waals surface area contributed by atoms with Crippen molar-refractivity contribution in [1.82, 2.24) is 9.55 Å². The average molecular weight is 275 g/mol. The van der Waals surface area contributed by atoms with E-state index >= 15 is 0 Å². The van der Waals surface area contributed by atoms with Crippen LogP contribution >= 0.6 is 0 Å². The maximum atomic E-state index is 12.0. The van der Waals surface area contributed by atoms with Gasteiger partial charge in [0.15, 0.2) is 0 Å². The van der Waals surface area contributed by atoms with Gasteiger partial charge in [-0.1, -0.05) is 6.92 Å². The molecule has 0 saturated heterocycles. The Morgan fingerprint density at radius 3 is 2.70 bits per heavy atom. The van der Waals surface area contributed by atoms with Gasteiger partial charge in [0.2, 0.25) is 5.95 Å². The molecule has 0 amide bonds. The Labute approximate surface area is 118 Å². The largest absolute Gasteiger partial charge is 0.456 e. The van der Waals surface area contributed by atoms with Gasteiger partial charge in [0.1, 0.15) is 5.60 Å². The van der Waals surface area contributed by atoms with E-state index in [0.717, 1.165) is 24.0 Å². The number of anilines is 1. The summed E-state index contributed by atoms with van der Waals surface area (Å²) in [5, 5.41) is 0. The smallest absolute Gasteiger partial charge is 0.338 e. The van der Waals surface area contributed by atoms with E-state index < -0.39 is 5.60 Å². The molecule has 108 valence electrons. The molecule has 0 atom stereocenters. The van der Waals surface area contributed by atoms with Gasteiger partial charge in [-0.25, -0.2) is 9.78 Å². The molecule has 1 aromatic carbocycles. The zero-order chi connectivity index (χ0) is 14.9. The highest BCUT2D eigenvalue weighted by Gasteiger charge is 2.19. The fourth-order valence-corrected chi connectivity index (χ4v) is 2.07. The van der Waals surface area contributed by atoms with E-state index in [1.807, 2.05) is 31.4 Å². The standard InChI is InChI=1S/C15H21N3O2/c1-5-8-18-12-7-6-10(9-11(12)17-14(18)16)13(19)20-15(2,3)4/h6-7,9H,5,8H2,1-4H3,(H2,16,17). The van der Waals surface area contributed by atoms with Crippen molar-refractivity contribution < 1.29 is 9.53 Å². The van der Waals surface area contributed by atoms with E-state index in [2.05, 4.69) is 11.9 Å². The topological polar surface area (TPSA) is 70.1 Å². The van der Waals surface area contributed by atoms with Gasteiger partial charge in [0, 0.05) is 6.54 Å². The minimum Gasteiger partial charge on any atom is -0.456 e. The monoisotopic (exact) mass is 275 g/mol. The zero-order valence-corrected chi connectivity index (χ0v) is 12.4. The molecule has 0 fully saturated rings. The number of nitrogens with zero attached hydrogens (tertiary/aromatic N) is 2. The van der Waals surface area contributed by atoms with Crippen molar-refractivity contribution in [3.63, 3.8) is 0 Å². The minimum atomic E-state index is -0.507. The van der Waals surface area contributed by atoms with Gasteiger partial charge in [0.05, 0.1) is 16.6 Å². The molecule has 5 heteroatoms. The third-order valence-electron chi connectivity index (χ3n) is 2.86. The summed E-state index contributed by atoms with van der Waals surface area (Å²) in [4.78, 5) is 16.3. The first-order valence-electron chi connectivity index (χ1n) is 6.81. The normalized spacial score (nSPS) is 11.8. The van der Waals surface area contributed by atoms with Crippen LogP contribution in [0, 0.1) is 0 Å². The van der Waals surface area contributed by atoms with Crippen molar-refractivity contribution >= 4 is 23.0 Å². The number of carbonyl (C=O) groups excluding carboxylic acids is 1. The number of imidazole rings is 1. The van der Waals surface area contributed by atoms with Gasteiger partial charge in [-0.15, -0.1) is 0 Å². The molecule has 0 saturated carbocycles. The van der Waals surface area contributed by atoms with Gasteiger partial charge in [-0.05, 0) is 45.4 Å². The highest BCUT2D eigenvalue weighted by atomic mass is 16.6. The predicted octanol–water partition coefficient (Wildman–Crippen LogP) is 2.98. The lowest BCUT2D eigenvalue weighted by Crippen LogP contribution is -2.23. The third-order valence-corrected chi connectivity index (χ3v) is 2.86. The van der Waals surface area contributed by atoms with Crippen LogP contribution in [0.25, 0.3) is 11.0 Å². The fraction of sp³-hybridized carbons (Fsp3) is 0.467. The van der Waals surface area contributed by atoms with Crippen molar-refractivity contribution in [3.8, 4) is 0 Å². The first-order chi connectivity index (χ1) is 9.31. The quantitative estimate of drug-likeness (QED) is 0.874. The molecule has 0 aliphatic rings. The first kappa shape index (κ1) is 14.4. The lowest BCUT2D eigenvalue weighted by Gasteiger charge is -2.19. The van der Waals surface area contributed by atoms with Gasteiger partial charge in [-0.3, -0.25) is 0 Å². The number of aryl methyl sites for hydroxylation is 1. The van der Waals surface area contributed by atoms with Gasteiger partial charge in [-0.2, -0.15) is 0 Å². The molecular weight excluding hydrogens is 254 g/mol. The molecule has 0 spiro atoms. The van der Waals surface area contributed by atoms with Crippen LogP contribution in [0.15, 0.2) is 18.2 Å². The molecule has 5 nitrogen and oxygen atoms in total. The average Bonchev–Trinajstić information content (AvgIpc) is 2.63. The summed E-state index contributed by atoms with van der Waals surface area (Å²) in [5.74, 6) is 0.131. The molecule has 0 radical (unpaired) electrons. The number of carbonyl (C=O) groups is 1. The molecule has 0 aliphatic heterocycles. The number of aromatic nitrogens is 2. The van der Waals surface area contributed by atoms with Gasteiger partial charge in [0.25, 0.3) is 0 Å². The highest BCUT2D eigenvalue weighted by Crippen LogP contribution is 2.21. The number of nitrogen functional groups attached to an aromatic ring is 1. The van der Waals surface area contributed by atoms with E-state index in [0.29, 0.717) is 11.5 Å². The lowest BCUT2D eigenvalue weighted by molar-refractivity contribution is 0.00697. The van der Waals surface area contributed by atoms with Crippen LogP contribution in [0.1, 0.15) is 44.5 Å². The summed E-state index contributed by atoms with van der Waals surface area (Å²) in [6.45, 7) is 8.43. The predicted molar refractivity (Wildman–Crippen MR) is 79.6 cm³/mol. The number of esters is 1. The van der Waals surface area contributed by atoms with Crippen LogP contribution < -0.4 is 5.73 Å². The maximum Gasteiger partial charge on any atom is 0.338 e. The van der Waals surface area contributed by atoms with Crippen LogP contribution in [0.5, 0.6) is 0 Å². The molecule has 0 bridgehead atoms. The number of benzene rings is 1. The van der Waals surface area contributed by atoms with E-state index in [1.54, 1.807) is 12.1 Å². The van der Waals surface area contributed by atoms with Gasteiger partial charge >= 0.3 is 5.97 Å². The summed E-state index contributed by atoms with van der Waals surface area (Å²) >= 11 is 0. The Hall–Kier alpha value is -2.04. The van der Waals surface area contributed by atoms with Crippen molar-refractivity contribution in [2.45, 2.75) is 46.3 Å². The molecule has 0 aliphatic carbocycles. The fourth-order valence-electron chi connectivity index (χ4n) is 2.07. The molecule has 0 unspecified atom stereocenters. The zero-order valence-electron chi connectivity index (χ0n) is 12.4. The van der Waals surface area contributed by atoms with Crippen molar-refractivity contribution in [2.75, 3.05) is 5.73 Å². The summed E-state index contributed by atoms with van der Waals surface area (Å²) < 4.78 is 7.31. The third kappa shape index (κ3) is 2.92. The molecule has 2 N–H and O–H groups in total. The molecule has 1 aromatic heterocycles. The SMILES string of the molecule is CCCn1c(N)nc2cc(C(=O)OC(C)(C)C)ccc21. The van der Waals surface area contributed by atoms with Crippen LogP contribution in [0.2, 0.25) is 0 Å². The molecular formula is C15H21N3O2. The number of hydrogen-bond acceptors (Lipinski definition) is 4. The maximum absolute atomic E-state index is 12.0. The highest BCUT2D eigenvalue weighted by molar-refractivity contribution is 5.94. The van der Waals surface area contributed by atoms with E-state index in [9.17, 15) is 4.79 Å². The van der Waals surface area contributed by atoms with Gasteiger partial charge < -0.3 is 15.0 Å².